The van der Waals surface area contributed by atoms with Crippen LogP contribution in [0, 0.1) is 11.7 Å². The number of carbonyl (C=O) groups is 3. The number of hydrogen-bond acceptors (Lipinski definition) is 5. The van der Waals surface area contributed by atoms with Crippen LogP contribution in [-0.4, -0.2) is 23.6 Å². The second-order valence-corrected chi connectivity index (χ2v) is 8.33. The Morgan fingerprint density at radius 2 is 1.79 bits per heavy atom. The van der Waals surface area contributed by atoms with Crippen LogP contribution in [-0.2, 0) is 9.59 Å². The molecule has 5 rings (SSSR count). The zero-order valence-electron chi connectivity index (χ0n) is 15.1. The number of carbonyl (C=O) groups excluding carboxylic acids is 3. The minimum absolute atomic E-state index is 0.0177. The third kappa shape index (κ3) is 3.00. The molecule has 6 nitrogen and oxygen atoms in total. The Labute approximate surface area is 169 Å². The Balaban J connectivity index is 1.64. The maximum absolute atomic E-state index is 13.5. The van der Waals surface area contributed by atoms with Crippen LogP contribution in [0.5, 0.6) is 0 Å². The normalized spacial score (nSPS) is 26.3. The number of fused-ring (bicyclic) bond motifs is 1. The average Bonchev–Trinajstić information content (AvgIpc) is 3.21. The Morgan fingerprint density at radius 1 is 1.00 bits per heavy atom. The van der Waals surface area contributed by atoms with Crippen LogP contribution in [0.15, 0.2) is 58.0 Å². The standard InChI is InChI=1S/C21H16FN3O3S/c22-12-5-3-10(4-6-12)16-17-13(23-19-18(16)20(27)25-21(28)24-19)8-11(9-14(17)26)15-2-1-7-29-15/h1-7,11,16,18H,8-9H2,(H2,23,24,25,27,28). The van der Waals surface area contributed by atoms with Gasteiger partial charge in [0.25, 0.3) is 0 Å². The maximum atomic E-state index is 13.5. The molecule has 2 aliphatic heterocycles. The summed E-state index contributed by atoms with van der Waals surface area (Å²) in [5.74, 6) is -2.17. The summed E-state index contributed by atoms with van der Waals surface area (Å²) in [6.45, 7) is 0. The highest BCUT2D eigenvalue weighted by molar-refractivity contribution is 7.10. The number of rotatable bonds is 2. The summed E-state index contributed by atoms with van der Waals surface area (Å²) in [6.07, 6.45) is 0.885. The second kappa shape index (κ2) is 6.73. The van der Waals surface area contributed by atoms with Crippen LogP contribution in [0.4, 0.5) is 9.18 Å². The minimum Gasteiger partial charge on any atom is -0.295 e. The van der Waals surface area contributed by atoms with Crippen LogP contribution < -0.4 is 10.6 Å². The van der Waals surface area contributed by atoms with E-state index in [9.17, 15) is 18.8 Å². The van der Waals surface area contributed by atoms with Gasteiger partial charge in [0, 0.05) is 28.7 Å². The molecule has 0 saturated carbocycles. The number of imide groups is 1. The van der Waals surface area contributed by atoms with Crippen LogP contribution in [0.2, 0.25) is 0 Å². The van der Waals surface area contributed by atoms with E-state index in [0.717, 1.165) is 4.88 Å². The number of nitrogens with zero attached hydrogens (tertiary/aromatic N) is 1. The quantitative estimate of drug-likeness (QED) is 0.798. The topological polar surface area (TPSA) is 87.6 Å². The molecular weight excluding hydrogens is 393 g/mol. The molecule has 1 fully saturated rings. The van der Waals surface area contributed by atoms with Crippen molar-refractivity contribution in [2.24, 2.45) is 10.9 Å². The zero-order valence-corrected chi connectivity index (χ0v) is 16.0. The van der Waals surface area contributed by atoms with E-state index in [1.165, 1.54) is 12.1 Å². The third-order valence-electron chi connectivity index (χ3n) is 5.61. The summed E-state index contributed by atoms with van der Waals surface area (Å²) >= 11 is 1.59. The van der Waals surface area contributed by atoms with E-state index in [4.69, 9.17) is 0 Å². The molecule has 3 atom stereocenters. The number of ketones is 1. The third-order valence-corrected chi connectivity index (χ3v) is 6.65. The summed E-state index contributed by atoms with van der Waals surface area (Å²) in [4.78, 5) is 43.4. The fourth-order valence-electron chi connectivity index (χ4n) is 4.38. The molecule has 2 aromatic rings. The van der Waals surface area contributed by atoms with Gasteiger partial charge in [-0.2, -0.15) is 0 Å². The smallest absolute Gasteiger partial charge is 0.295 e. The lowest BCUT2D eigenvalue weighted by Crippen LogP contribution is -2.58. The van der Waals surface area contributed by atoms with Gasteiger partial charge in [-0.25, -0.2) is 14.2 Å². The molecule has 0 radical (unpaired) electrons. The predicted molar refractivity (Wildman–Crippen MR) is 105 cm³/mol. The van der Waals surface area contributed by atoms with Gasteiger partial charge in [0.15, 0.2) is 5.78 Å². The Kier molecular flexibility index (Phi) is 4.16. The van der Waals surface area contributed by atoms with E-state index in [2.05, 4.69) is 15.6 Å². The van der Waals surface area contributed by atoms with Crippen molar-refractivity contribution in [1.29, 1.82) is 0 Å². The average molecular weight is 409 g/mol. The number of aliphatic imine (C=N–C) groups is 1. The number of Topliss-reactive ketones (excluding diaryl/α,β-unsaturated/α-hetero) is 1. The number of nitrogens with one attached hydrogen (secondary N) is 2. The van der Waals surface area contributed by atoms with Crippen molar-refractivity contribution in [3.8, 4) is 0 Å². The first-order chi connectivity index (χ1) is 14.0. The minimum atomic E-state index is -0.834. The number of allylic oxidation sites excluding steroid dienone is 2. The molecule has 0 bridgehead atoms. The number of amides is 3. The largest absolute Gasteiger partial charge is 0.326 e. The van der Waals surface area contributed by atoms with E-state index in [1.807, 2.05) is 17.5 Å². The number of hydrogen-bond donors (Lipinski definition) is 2. The first-order valence-corrected chi connectivity index (χ1v) is 10.1. The van der Waals surface area contributed by atoms with Crippen molar-refractivity contribution < 1.29 is 18.8 Å². The second-order valence-electron chi connectivity index (χ2n) is 7.35. The highest BCUT2D eigenvalue weighted by Crippen LogP contribution is 2.47. The molecule has 3 aliphatic rings. The molecule has 1 aromatic heterocycles. The number of halogens is 1. The molecule has 3 heterocycles. The van der Waals surface area contributed by atoms with Gasteiger partial charge in [0.1, 0.15) is 17.6 Å². The molecule has 29 heavy (non-hydrogen) atoms. The first-order valence-electron chi connectivity index (χ1n) is 9.27. The molecule has 146 valence electrons. The van der Waals surface area contributed by atoms with Gasteiger partial charge in [-0.15, -0.1) is 11.3 Å². The van der Waals surface area contributed by atoms with E-state index >= 15 is 0 Å². The fraction of sp³-hybridized carbons (Fsp3) is 0.238. The lowest BCUT2D eigenvalue weighted by molar-refractivity contribution is -0.123. The van der Waals surface area contributed by atoms with Gasteiger partial charge < -0.3 is 0 Å². The van der Waals surface area contributed by atoms with Gasteiger partial charge in [-0.3, -0.25) is 20.2 Å². The summed E-state index contributed by atoms with van der Waals surface area (Å²) in [5, 5.41) is 6.85. The van der Waals surface area contributed by atoms with Gasteiger partial charge in [0.05, 0.1) is 5.70 Å². The van der Waals surface area contributed by atoms with Gasteiger partial charge >= 0.3 is 6.03 Å². The molecule has 1 saturated heterocycles. The first kappa shape index (κ1) is 17.9. The van der Waals surface area contributed by atoms with Crippen LogP contribution in [0.1, 0.15) is 35.1 Å². The van der Waals surface area contributed by atoms with E-state index in [0.29, 0.717) is 29.7 Å². The summed E-state index contributed by atoms with van der Waals surface area (Å²) in [6, 6.07) is 9.09. The Hall–Kier alpha value is -3.13. The Morgan fingerprint density at radius 3 is 2.52 bits per heavy atom. The van der Waals surface area contributed by atoms with Gasteiger partial charge in [0.2, 0.25) is 5.91 Å². The van der Waals surface area contributed by atoms with Crippen molar-refractivity contribution >= 4 is 34.9 Å². The van der Waals surface area contributed by atoms with Crippen LogP contribution >= 0.6 is 11.3 Å². The van der Waals surface area contributed by atoms with Crippen molar-refractivity contribution in [3.63, 3.8) is 0 Å². The molecular formula is C21H16FN3O3S. The molecule has 1 aromatic carbocycles. The highest BCUT2D eigenvalue weighted by atomic mass is 32.1. The molecule has 0 spiro atoms. The molecule has 1 aliphatic carbocycles. The lowest BCUT2D eigenvalue weighted by atomic mass is 9.70. The monoisotopic (exact) mass is 409 g/mol. The van der Waals surface area contributed by atoms with Crippen molar-refractivity contribution in [2.75, 3.05) is 0 Å². The fourth-order valence-corrected chi connectivity index (χ4v) is 5.21. The molecule has 8 heteroatoms. The molecule has 3 amide bonds. The molecule has 2 N–H and O–H groups in total. The zero-order chi connectivity index (χ0) is 20.1. The van der Waals surface area contributed by atoms with Gasteiger partial charge in [-0.1, -0.05) is 18.2 Å². The van der Waals surface area contributed by atoms with E-state index < -0.39 is 29.6 Å². The van der Waals surface area contributed by atoms with Crippen molar-refractivity contribution in [3.05, 3.63) is 69.3 Å². The predicted octanol–water partition coefficient (Wildman–Crippen LogP) is 3.24. The lowest BCUT2D eigenvalue weighted by Gasteiger charge is -2.38. The SMILES string of the molecule is O=C1NC(=O)C2C(=NC3=C(C(=O)CC(c4cccs4)C3)C2c2ccc(F)cc2)N1. The van der Waals surface area contributed by atoms with E-state index in [1.54, 1.807) is 23.5 Å². The van der Waals surface area contributed by atoms with Gasteiger partial charge in [-0.05, 0) is 35.6 Å². The summed E-state index contributed by atoms with van der Waals surface area (Å²) < 4.78 is 13.5. The van der Waals surface area contributed by atoms with Crippen LogP contribution in [0.25, 0.3) is 0 Å². The molecule has 3 unspecified atom stereocenters. The van der Waals surface area contributed by atoms with Crippen molar-refractivity contribution in [2.45, 2.75) is 24.7 Å². The number of amidine groups is 1. The summed E-state index contributed by atoms with van der Waals surface area (Å²) in [7, 11) is 0. The highest BCUT2D eigenvalue weighted by Gasteiger charge is 2.47. The van der Waals surface area contributed by atoms with E-state index in [-0.39, 0.29) is 17.5 Å². The van der Waals surface area contributed by atoms with Crippen LogP contribution in [0.3, 0.4) is 0 Å². The number of urea groups is 1. The number of thiophene rings is 1. The summed E-state index contributed by atoms with van der Waals surface area (Å²) in [5.41, 5.74) is 1.73. The number of benzene rings is 1. The van der Waals surface area contributed by atoms with Crippen molar-refractivity contribution in [1.82, 2.24) is 10.6 Å². The Bertz CT molecular complexity index is 1090. The maximum Gasteiger partial charge on any atom is 0.326 e.